The van der Waals surface area contributed by atoms with Crippen LogP contribution in [0.2, 0.25) is 0 Å². The van der Waals surface area contributed by atoms with Crippen LogP contribution in [-0.4, -0.2) is 16.2 Å². The number of benzene rings is 4. The maximum atomic E-state index is 12.8. The number of hydrogen-bond donors (Lipinski definition) is 4. The summed E-state index contributed by atoms with van der Waals surface area (Å²) in [6.07, 6.45) is 0. The SMILES string of the molecule is Nc1ccc(Oc2cc(Oc3ccc(N)c(O)c3)cc(C(=O)Oc3ccccc3)c2)cc1O. The predicted molar refractivity (Wildman–Crippen MR) is 123 cm³/mol. The van der Waals surface area contributed by atoms with E-state index in [4.69, 9.17) is 25.7 Å². The summed E-state index contributed by atoms with van der Waals surface area (Å²) in [5.41, 5.74) is 11.8. The Balaban J connectivity index is 1.67. The topological polar surface area (TPSA) is 137 Å². The number of phenols is 2. The zero-order valence-corrected chi connectivity index (χ0v) is 17.3. The van der Waals surface area contributed by atoms with E-state index in [2.05, 4.69) is 0 Å². The first-order valence-corrected chi connectivity index (χ1v) is 9.82. The Morgan fingerprint density at radius 2 is 1.12 bits per heavy atom. The number of hydrogen-bond acceptors (Lipinski definition) is 8. The normalized spacial score (nSPS) is 10.4. The summed E-state index contributed by atoms with van der Waals surface area (Å²) in [5, 5.41) is 19.7. The van der Waals surface area contributed by atoms with Gasteiger partial charge >= 0.3 is 5.97 Å². The van der Waals surface area contributed by atoms with Crippen molar-refractivity contribution in [2.75, 3.05) is 11.5 Å². The molecule has 0 amide bonds. The van der Waals surface area contributed by atoms with Gasteiger partial charge in [-0.3, -0.25) is 0 Å². The largest absolute Gasteiger partial charge is 0.506 e. The van der Waals surface area contributed by atoms with E-state index in [-0.39, 0.29) is 39.9 Å². The van der Waals surface area contributed by atoms with Gasteiger partial charge in [0.1, 0.15) is 40.2 Å². The smallest absolute Gasteiger partial charge is 0.343 e. The van der Waals surface area contributed by atoms with Gasteiger partial charge in [0.2, 0.25) is 0 Å². The minimum Gasteiger partial charge on any atom is -0.506 e. The summed E-state index contributed by atoms with van der Waals surface area (Å²) < 4.78 is 17.0. The molecule has 0 saturated heterocycles. The number of rotatable bonds is 6. The molecule has 0 aliphatic rings. The molecular formula is C25H20N2O6. The number of carbonyl (C=O) groups is 1. The highest BCUT2D eigenvalue weighted by atomic mass is 16.5. The van der Waals surface area contributed by atoms with Crippen LogP contribution in [-0.2, 0) is 0 Å². The number of nitrogens with two attached hydrogens (primary N) is 2. The average Bonchev–Trinajstić information content (AvgIpc) is 2.79. The van der Waals surface area contributed by atoms with Gasteiger partial charge in [0.05, 0.1) is 16.9 Å². The maximum absolute atomic E-state index is 12.8. The molecule has 0 atom stereocenters. The van der Waals surface area contributed by atoms with E-state index in [0.29, 0.717) is 17.2 Å². The van der Waals surface area contributed by atoms with Gasteiger partial charge in [0.25, 0.3) is 0 Å². The molecule has 0 bridgehead atoms. The monoisotopic (exact) mass is 444 g/mol. The molecule has 4 aromatic carbocycles. The number of para-hydroxylation sites is 1. The van der Waals surface area contributed by atoms with Crippen LogP contribution in [0.25, 0.3) is 0 Å². The molecule has 0 fully saturated rings. The van der Waals surface area contributed by atoms with Crippen LogP contribution in [0.15, 0.2) is 84.9 Å². The van der Waals surface area contributed by atoms with Crippen molar-refractivity contribution in [3.8, 4) is 40.2 Å². The fraction of sp³-hybridized carbons (Fsp3) is 0. The molecule has 8 nitrogen and oxygen atoms in total. The average molecular weight is 444 g/mol. The van der Waals surface area contributed by atoms with Crippen LogP contribution in [0.5, 0.6) is 40.2 Å². The number of nitrogen functional groups attached to an aromatic ring is 2. The van der Waals surface area contributed by atoms with Crippen molar-refractivity contribution in [2.24, 2.45) is 0 Å². The second-order valence-electron chi connectivity index (χ2n) is 7.04. The quantitative estimate of drug-likeness (QED) is 0.140. The molecule has 0 aliphatic carbocycles. The molecule has 0 radical (unpaired) electrons. The lowest BCUT2D eigenvalue weighted by Gasteiger charge is -2.13. The molecule has 6 N–H and O–H groups in total. The van der Waals surface area contributed by atoms with Crippen LogP contribution in [0.1, 0.15) is 10.4 Å². The van der Waals surface area contributed by atoms with Crippen molar-refractivity contribution in [1.29, 1.82) is 0 Å². The minimum absolute atomic E-state index is 0.138. The van der Waals surface area contributed by atoms with Gasteiger partial charge < -0.3 is 35.9 Å². The van der Waals surface area contributed by atoms with Crippen molar-refractivity contribution < 1.29 is 29.2 Å². The first kappa shape index (κ1) is 21.4. The van der Waals surface area contributed by atoms with Gasteiger partial charge in [-0.15, -0.1) is 0 Å². The maximum Gasteiger partial charge on any atom is 0.343 e. The molecule has 8 heteroatoms. The van der Waals surface area contributed by atoms with Crippen LogP contribution in [0.3, 0.4) is 0 Å². The first-order valence-electron chi connectivity index (χ1n) is 9.82. The van der Waals surface area contributed by atoms with Gasteiger partial charge in [0.15, 0.2) is 0 Å². The summed E-state index contributed by atoms with van der Waals surface area (Å²) >= 11 is 0. The predicted octanol–water partition coefficient (Wildman–Crippen LogP) is 5.07. The highest BCUT2D eigenvalue weighted by Gasteiger charge is 2.15. The van der Waals surface area contributed by atoms with Crippen molar-refractivity contribution in [3.63, 3.8) is 0 Å². The zero-order chi connectivity index (χ0) is 23.4. The number of ether oxygens (including phenoxy) is 3. The second kappa shape index (κ2) is 9.11. The van der Waals surface area contributed by atoms with Gasteiger partial charge in [-0.2, -0.15) is 0 Å². The van der Waals surface area contributed by atoms with Gasteiger partial charge in [-0.05, 0) is 48.5 Å². The lowest BCUT2D eigenvalue weighted by molar-refractivity contribution is 0.0734. The number of esters is 1. The van der Waals surface area contributed by atoms with E-state index < -0.39 is 5.97 Å². The zero-order valence-electron chi connectivity index (χ0n) is 17.3. The number of aromatic hydroxyl groups is 2. The van der Waals surface area contributed by atoms with Gasteiger partial charge in [0, 0.05) is 18.2 Å². The Morgan fingerprint density at radius 3 is 1.61 bits per heavy atom. The molecule has 4 rings (SSSR count). The number of phenolic OH excluding ortho intramolecular Hbond substituents is 2. The summed E-state index contributed by atoms with van der Waals surface area (Å²) in [4.78, 5) is 12.8. The molecule has 0 heterocycles. The van der Waals surface area contributed by atoms with E-state index in [9.17, 15) is 15.0 Å². The number of carbonyl (C=O) groups excluding carboxylic acids is 1. The van der Waals surface area contributed by atoms with Crippen LogP contribution in [0, 0.1) is 0 Å². The summed E-state index contributed by atoms with van der Waals surface area (Å²) in [7, 11) is 0. The lowest BCUT2D eigenvalue weighted by Crippen LogP contribution is -2.08. The molecule has 166 valence electrons. The van der Waals surface area contributed by atoms with E-state index in [1.165, 1.54) is 36.4 Å². The van der Waals surface area contributed by atoms with Crippen molar-refractivity contribution in [2.45, 2.75) is 0 Å². The van der Waals surface area contributed by atoms with Gasteiger partial charge in [-0.25, -0.2) is 4.79 Å². The van der Waals surface area contributed by atoms with Gasteiger partial charge in [-0.1, -0.05) is 18.2 Å². The van der Waals surface area contributed by atoms with Crippen LogP contribution >= 0.6 is 0 Å². The third-order valence-corrected chi connectivity index (χ3v) is 4.54. The molecule has 4 aromatic rings. The molecule has 33 heavy (non-hydrogen) atoms. The summed E-state index contributed by atoms with van der Waals surface area (Å²) in [6, 6.07) is 21.9. The molecule has 0 spiro atoms. The molecule has 0 unspecified atom stereocenters. The van der Waals surface area contributed by atoms with E-state index >= 15 is 0 Å². The molecule has 0 aromatic heterocycles. The highest BCUT2D eigenvalue weighted by molar-refractivity contribution is 5.92. The Kier molecular flexibility index (Phi) is 5.90. The molecule has 0 saturated carbocycles. The fourth-order valence-electron chi connectivity index (χ4n) is 2.91. The third-order valence-electron chi connectivity index (χ3n) is 4.54. The first-order chi connectivity index (χ1) is 15.9. The van der Waals surface area contributed by atoms with Crippen LogP contribution in [0.4, 0.5) is 11.4 Å². The summed E-state index contributed by atoms with van der Waals surface area (Å²) in [5.74, 6) is 0.562. The lowest BCUT2D eigenvalue weighted by atomic mass is 10.2. The molecule has 0 aliphatic heterocycles. The van der Waals surface area contributed by atoms with Crippen molar-refractivity contribution in [3.05, 3.63) is 90.5 Å². The Bertz CT molecular complexity index is 1240. The van der Waals surface area contributed by atoms with Crippen molar-refractivity contribution in [1.82, 2.24) is 0 Å². The number of anilines is 2. The Morgan fingerprint density at radius 1 is 0.606 bits per heavy atom. The van der Waals surface area contributed by atoms with Crippen molar-refractivity contribution >= 4 is 17.3 Å². The van der Waals surface area contributed by atoms with Crippen LogP contribution < -0.4 is 25.7 Å². The fourth-order valence-corrected chi connectivity index (χ4v) is 2.91. The molecular weight excluding hydrogens is 424 g/mol. The van der Waals surface area contributed by atoms with E-state index in [1.54, 1.807) is 42.5 Å². The van der Waals surface area contributed by atoms with E-state index in [0.717, 1.165) is 0 Å². The van der Waals surface area contributed by atoms with E-state index in [1.807, 2.05) is 6.07 Å². The Hall–Kier alpha value is -4.85. The summed E-state index contributed by atoms with van der Waals surface area (Å²) in [6.45, 7) is 0. The minimum atomic E-state index is -0.628. The third kappa shape index (κ3) is 5.26. The Labute approximate surface area is 189 Å². The highest BCUT2D eigenvalue weighted by Crippen LogP contribution is 2.34. The standard InChI is InChI=1S/C25H20N2O6/c26-21-8-6-17(13-23(21)28)31-19-10-15(25(30)33-16-4-2-1-3-5-16)11-20(12-19)32-18-7-9-22(27)24(29)14-18/h1-14,28-29H,26-27H2. The second-order valence-corrected chi connectivity index (χ2v) is 7.04.